The minimum Gasteiger partial charge on any atom is -0.366 e. The van der Waals surface area contributed by atoms with E-state index < -0.39 is 11.6 Å². The van der Waals surface area contributed by atoms with Crippen LogP contribution in [0.3, 0.4) is 0 Å². The Hall–Kier alpha value is -1.99. The molecular formula is C16H21FN4O2. The molecule has 0 radical (unpaired) electrons. The van der Waals surface area contributed by atoms with Gasteiger partial charge in [-0.15, -0.1) is 0 Å². The second kappa shape index (κ2) is 5.90. The molecule has 0 saturated carbocycles. The van der Waals surface area contributed by atoms with Gasteiger partial charge >= 0.3 is 0 Å². The number of carbonyl (C=O) groups excluding carboxylic acids is 1. The summed E-state index contributed by atoms with van der Waals surface area (Å²) in [5, 5.41) is 6.08. The van der Waals surface area contributed by atoms with E-state index in [0.29, 0.717) is 30.2 Å². The van der Waals surface area contributed by atoms with E-state index in [2.05, 4.69) is 15.6 Å². The van der Waals surface area contributed by atoms with Gasteiger partial charge in [0.2, 0.25) is 0 Å². The van der Waals surface area contributed by atoms with Crippen molar-refractivity contribution in [2.45, 2.75) is 32.4 Å². The quantitative estimate of drug-likeness (QED) is 0.889. The van der Waals surface area contributed by atoms with E-state index in [-0.39, 0.29) is 11.7 Å². The van der Waals surface area contributed by atoms with E-state index in [4.69, 9.17) is 4.74 Å². The topological polar surface area (TPSA) is 67.7 Å². The van der Waals surface area contributed by atoms with Gasteiger partial charge in [0.15, 0.2) is 0 Å². The van der Waals surface area contributed by atoms with Crippen LogP contribution >= 0.6 is 0 Å². The number of carbonyl (C=O) groups is 1. The first-order valence-electron chi connectivity index (χ1n) is 7.68. The van der Waals surface area contributed by atoms with Crippen molar-refractivity contribution in [2.24, 2.45) is 0 Å². The molecule has 1 aliphatic rings. The maximum absolute atomic E-state index is 14.0. The first-order chi connectivity index (χ1) is 10.9. The molecule has 1 amide bonds. The van der Waals surface area contributed by atoms with Gasteiger partial charge in [-0.3, -0.25) is 9.20 Å². The Morgan fingerprint density at radius 3 is 3.04 bits per heavy atom. The SMILES string of the molecule is Cc1nc(C(C)(C)NC(=O)[C@@H]2CNCCO2)n2cccc(F)c12. The maximum atomic E-state index is 14.0. The van der Waals surface area contributed by atoms with Crippen molar-refractivity contribution < 1.29 is 13.9 Å². The van der Waals surface area contributed by atoms with Crippen LogP contribution < -0.4 is 10.6 Å². The molecule has 0 aromatic carbocycles. The van der Waals surface area contributed by atoms with Crippen molar-refractivity contribution in [2.75, 3.05) is 19.7 Å². The molecule has 124 valence electrons. The zero-order valence-electron chi connectivity index (χ0n) is 13.5. The van der Waals surface area contributed by atoms with Crippen LogP contribution in [0.4, 0.5) is 4.39 Å². The van der Waals surface area contributed by atoms with Gasteiger partial charge in [-0.05, 0) is 32.9 Å². The van der Waals surface area contributed by atoms with Gasteiger partial charge in [0.25, 0.3) is 5.91 Å². The first kappa shape index (κ1) is 15.9. The molecule has 2 aromatic rings. The summed E-state index contributed by atoms with van der Waals surface area (Å²) in [6.07, 6.45) is 1.23. The first-order valence-corrected chi connectivity index (χ1v) is 7.68. The zero-order chi connectivity index (χ0) is 16.6. The standard InChI is InChI=1S/C16H21FN4O2/c1-10-13-11(17)5-4-7-21(13)15(19-10)16(2,3)20-14(22)12-9-18-6-8-23-12/h4-5,7,12,18H,6,8-9H2,1-3H3,(H,20,22)/t12-/m0/s1. The van der Waals surface area contributed by atoms with Gasteiger partial charge in [-0.2, -0.15) is 0 Å². The summed E-state index contributed by atoms with van der Waals surface area (Å²) in [5.41, 5.74) is 0.263. The van der Waals surface area contributed by atoms with Gasteiger partial charge in [-0.25, -0.2) is 9.37 Å². The van der Waals surface area contributed by atoms with Crippen molar-refractivity contribution in [3.63, 3.8) is 0 Å². The fourth-order valence-corrected chi connectivity index (χ4v) is 2.89. The average Bonchev–Trinajstić information content (AvgIpc) is 2.87. The summed E-state index contributed by atoms with van der Waals surface area (Å²) in [7, 11) is 0. The second-order valence-corrected chi connectivity index (χ2v) is 6.27. The van der Waals surface area contributed by atoms with E-state index in [9.17, 15) is 9.18 Å². The number of fused-ring (bicyclic) bond motifs is 1. The number of nitrogens with one attached hydrogen (secondary N) is 2. The number of imidazole rings is 1. The van der Waals surface area contributed by atoms with Crippen LogP contribution in [0.1, 0.15) is 25.4 Å². The van der Waals surface area contributed by atoms with E-state index in [0.717, 1.165) is 6.54 Å². The second-order valence-electron chi connectivity index (χ2n) is 6.27. The van der Waals surface area contributed by atoms with Crippen molar-refractivity contribution >= 4 is 11.4 Å². The molecule has 3 rings (SSSR count). The van der Waals surface area contributed by atoms with Crippen LogP contribution in [0.2, 0.25) is 0 Å². The number of rotatable bonds is 3. The molecule has 1 atom stereocenters. The lowest BCUT2D eigenvalue weighted by Gasteiger charge is -2.29. The molecule has 0 spiro atoms. The number of morpholine rings is 1. The van der Waals surface area contributed by atoms with Crippen molar-refractivity contribution in [3.8, 4) is 0 Å². The normalized spacial score (nSPS) is 19.0. The number of hydrogen-bond donors (Lipinski definition) is 2. The molecule has 1 saturated heterocycles. The van der Waals surface area contributed by atoms with Gasteiger partial charge < -0.3 is 15.4 Å². The van der Waals surface area contributed by atoms with E-state index in [1.165, 1.54) is 6.07 Å². The van der Waals surface area contributed by atoms with Crippen LogP contribution in [0, 0.1) is 12.7 Å². The van der Waals surface area contributed by atoms with Crippen LogP contribution in [0.5, 0.6) is 0 Å². The smallest absolute Gasteiger partial charge is 0.251 e. The van der Waals surface area contributed by atoms with E-state index in [1.807, 2.05) is 13.8 Å². The highest BCUT2D eigenvalue weighted by Gasteiger charge is 2.32. The zero-order valence-corrected chi connectivity index (χ0v) is 13.5. The summed E-state index contributed by atoms with van der Waals surface area (Å²) in [4.78, 5) is 16.9. The number of aromatic nitrogens is 2. The molecule has 3 heterocycles. The number of halogens is 1. The number of pyridine rings is 1. The molecule has 0 bridgehead atoms. The van der Waals surface area contributed by atoms with Gasteiger partial charge in [0, 0.05) is 19.3 Å². The van der Waals surface area contributed by atoms with Crippen LogP contribution in [0.25, 0.3) is 5.52 Å². The fourth-order valence-electron chi connectivity index (χ4n) is 2.89. The minimum absolute atomic E-state index is 0.201. The highest BCUT2D eigenvalue weighted by atomic mass is 19.1. The lowest BCUT2D eigenvalue weighted by Crippen LogP contribution is -2.52. The van der Waals surface area contributed by atoms with Gasteiger partial charge in [0.05, 0.1) is 17.8 Å². The van der Waals surface area contributed by atoms with Crippen molar-refractivity contribution in [1.29, 1.82) is 0 Å². The van der Waals surface area contributed by atoms with Crippen LogP contribution in [-0.4, -0.2) is 41.1 Å². The number of nitrogens with zero attached hydrogens (tertiary/aromatic N) is 2. The molecule has 7 heteroatoms. The van der Waals surface area contributed by atoms with Crippen molar-refractivity contribution in [1.82, 2.24) is 20.0 Å². The maximum Gasteiger partial charge on any atom is 0.251 e. The number of hydrogen-bond acceptors (Lipinski definition) is 4. The monoisotopic (exact) mass is 320 g/mol. The Morgan fingerprint density at radius 2 is 2.35 bits per heavy atom. The molecular weight excluding hydrogens is 299 g/mol. The Balaban J connectivity index is 1.90. The molecule has 2 N–H and O–H groups in total. The average molecular weight is 320 g/mol. The fraction of sp³-hybridized carbons (Fsp3) is 0.500. The highest BCUT2D eigenvalue weighted by Crippen LogP contribution is 2.24. The molecule has 0 unspecified atom stereocenters. The van der Waals surface area contributed by atoms with E-state index >= 15 is 0 Å². The lowest BCUT2D eigenvalue weighted by atomic mass is 10.0. The molecule has 1 aliphatic heterocycles. The van der Waals surface area contributed by atoms with E-state index in [1.54, 1.807) is 23.6 Å². The molecule has 2 aromatic heterocycles. The largest absolute Gasteiger partial charge is 0.366 e. The molecule has 23 heavy (non-hydrogen) atoms. The summed E-state index contributed by atoms with van der Waals surface area (Å²) in [5.74, 6) is 0.0558. The summed E-state index contributed by atoms with van der Waals surface area (Å²) >= 11 is 0. The van der Waals surface area contributed by atoms with Gasteiger partial charge in [0.1, 0.15) is 23.3 Å². The number of ether oxygens (including phenoxy) is 1. The lowest BCUT2D eigenvalue weighted by molar-refractivity contribution is -0.136. The van der Waals surface area contributed by atoms with Crippen molar-refractivity contribution in [3.05, 3.63) is 35.7 Å². The third kappa shape index (κ3) is 2.94. The summed E-state index contributed by atoms with van der Waals surface area (Å²) < 4.78 is 21.2. The Labute approximate surface area is 134 Å². The number of aryl methyl sites for hydroxylation is 1. The molecule has 1 fully saturated rings. The summed E-state index contributed by atoms with van der Waals surface area (Å²) in [6, 6.07) is 3.03. The van der Waals surface area contributed by atoms with Crippen LogP contribution in [0.15, 0.2) is 18.3 Å². The predicted octanol–water partition coefficient (Wildman–Crippen LogP) is 1.12. The highest BCUT2D eigenvalue weighted by molar-refractivity contribution is 5.82. The summed E-state index contributed by atoms with van der Waals surface area (Å²) in [6.45, 7) is 7.19. The Kier molecular flexibility index (Phi) is 4.08. The number of amides is 1. The van der Waals surface area contributed by atoms with Gasteiger partial charge in [-0.1, -0.05) is 0 Å². The Morgan fingerprint density at radius 1 is 1.57 bits per heavy atom. The molecule has 0 aliphatic carbocycles. The molecule has 6 nitrogen and oxygen atoms in total. The third-order valence-electron chi connectivity index (χ3n) is 4.00. The van der Waals surface area contributed by atoms with Crippen LogP contribution in [-0.2, 0) is 15.1 Å². The predicted molar refractivity (Wildman–Crippen MR) is 83.7 cm³/mol. The third-order valence-corrected chi connectivity index (χ3v) is 4.00. The Bertz CT molecular complexity index is 735. The minimum atomic E-state index is -0.761.